The van der Waals surface area contributed by atoms with E-state index in [4.69, 9.17) is 10.8 Å². The molecule has 2 aromatic rings. The Morgan fingerprint density at radius 3 is 2.30 bits per heavy atom. The Bertz CT molecular complexity index is 714. The molecule has 0 unspecified atom stereocenters. The van der Waals surface area contributed by atoms with Gasteiger partial charge in [0, 0.05) is 12.7 Å². The van der Waals surface area contributed by atoms with Crippen LogP contribution >= 0.6 is 0 Å². The van der Waals surface area contributed by atoms with E-state index < -0.39 is 24.3 Å². The Hall–Kier alpha value is -3.22. The lowest BCUT2D eigenvalue weighted by Gasteiger charge is -2.20. The number of hydrogen-bond donors (Lipinski definition) is 2. The third-order valence-corrected chi connectivity index (χ3v) is 3.10. The molecule has 7 heteroatoms. The van der Waals surface area contributed by atoms with E-state index >= 15 is 0 Å². The van der Waals surface area contributed by atoms with Crippen LogP contribution in [-0.4, -0.2) is 39.3 Å². The number of nitrogens with two attached hydrogens (primary N) is 1. The van der Waals surface area contributed by atoms with Crippen molar-refractivity contribution in [2.75, 3.05) is 6.54 Å². The molecule has 2 amide bonds. The lowest BCUT2D eigenvalue weighted by atomic mass is 10.2. The number of amides is 2. The number of hydrogen-bond acceptors (Lipinski definition) is 4. The average Bonchev–Trinajstić information content (AvgIpc) is 2.54. The van der Waals surface area contributed by atoms with Gasteiger partial charge in [0.2, 0.25) is 5.91 Å². The number of aromatic nitrogens is 1. The third kappa shape index (κ3) is 4.37. The topological polar surface area (TPSA) is 114 Å². The molecule has 118 valence electrons. The predicted molar refractivity (Wildman–Crippen MR) is 81.6 cm³/mol. The van der Waals surface area contributed by atoms with Gasteiger partial charge in [-0.1, -0.05) is 30.3 Å². The van der Waals surface area contributed by atoms with Crippen LogP contribution < -0.4 is 5.73 Å². The molecule has 0 aliphatic carbocycles. The van der Waals surface area contributed by atoms with Gasteiger partial charge in [-0.25, -0.2) is 0 Å². The van der Waals surface area contributed by atoms with Gasteiger partial charge in [-0.15, -0.1) is 0 Å². The summed E-state index contributed by atoms with van der Waals surface area (Å²) in [5, 5.41) is 9.00. The number of primary amides is 1. The molecule has 23 heavy (non-hydrogen) atoms. The highest BCUT2D eigenvalue weighted by molar-refractivity contribution is 5.96. The number of carboxylic acid groups (broad SMARTS) is 1. The molecule has 0 fully saturated rings. The van der Waals surface area contributed by atoms with E-state index in [1.54, 1.807) is 24.3 Å². The smallest absolute Gasteiger partial charge is 0.323 e. The van der Waals surface area contributed by atoms with Crippen LogP contribution in [-0.2, 0) is 11.3 Å². The van der Waals surface area contributed by atoms with E-state index in [1.165, 1.54) is 23.2 Å². The second-order valence-corrected chi connectivity index (χ2v) is 4.84. The molecule has 0 aliphatic heterocycles. The Balaban J connectivity index is 2.22. The van der Waals surface area contributed by atoms with Crippen LogP contribution in [0.2, 0.25) is 0 Å². The van der Waals surface area contributed by atoms with Gasteiger partial charge < -0.3 is 15.7 Å². The maximum atomic E-state index is 12.4. The highest BCUT2D eigenvalue weighted by Gasteiger charge is 2.20. The first kappa shape index (κ1) is 16.2. The third-order valence-electron chi connectivity index (χ3n) is 3.10. The molecule has 0 spiro atoms. The van der Waals surface area contributed by atoms with Crippen molar-refractivity contribution in [1.29, 1.82) is 0 Å². The summed E-state index contributed by atoms with van der Waals surface area (Å²) in [6, 6.07) is 11.8. The van der Waals surface area contributed by atoms with Crippen molar-refractivity contribution >= 4 is 17.8 Å². The lowest BCUT2D eigenvalue weighted by molar-refractivity contribution is -0.137. The average molecular weight is 313 g/mol. The summed E-state index contributed by atoms with van der Waals surface area (Å²) in [6.45, 7) is -0.307. The normalized spacial score (nSPS) is 10.1. The molecule has 1 aromatic heterocycles. The summed E-state index contributed by atoms with van der Waals surface area (Å²) in [7, 11) is 0. The molecule has 1 heterocycles. The fourth-order valence-corrected chi connectivity index (χ4v) is 1.99. The molecule has 0 aliphatic rings. The number of aliphatic carboxylic acids is 1. The van der Waals surface area contributed by atoms with E-state index in [0.29, 0.717) is 0 Å². The maximum absolute atomic E-state index is 12.4. The van der Waals surface area contributed by atoms with Crippen LogP contribution in [0.15, 0.2) is 48.7 Å². The molecule has 0 radical (unpaired) electrons. The summed E-state index contributed by atoms with van der Waals surface area (Å²) in [6.07, 6.45) is 1.19. The minimum absolute atomic E-state index is 0.0483. The molecule has 0 saturated carbocycles. The number of carbonyl (C=O) groups excluding carboxylic acids is 2. The van der Waals surface area contributed by atoms with Crippen molar-refractivity contribution in [3.8, 4) is 0 Å². The number of rotatable bonds is 6. The van der Waals surface area contributed by atoms with E-state index in [1.807, 2.05) is 6.07 Å². The van der Waals surface area contributed by atoms with E-state index in [-0.39, 0.29) is 17.8 Å². The molecule has 2 rings (SSSR count). The van der Waals surface area contributed by atoms with Crippen molar-refractivity contribution in [3.05, 3.63) is 65.5 Å². The van der Waals surface area contributed by atoms with Gasteiger partial charge in [-0.2, -0.15) is 0 Å². The summed E-state index contributed by atoms with van der Waals surface area (Å²) < 4.78 is 0. The second kappa shape index (κ2) is 7.17. The highest BCUT2D eigenvalue weighted by Crippen LogP contribution is 2.09. The van der Waals surface area contributed by atoms with Crippen molar-refractivity contribution in [1.82, 2.24) is 9.88 Å². The zero-order chi connectivity index (χ0) is 16.8. The number of carboxylic acids is 1. The SMILES string of the molecule is NC(=O)c1ccc(C(=O)N(CC(=O)O)Cc2ccccc2)nc1. The Morgan fingerprint density at radius 1 is 1.09 bits per heavy atom. The van der Waals surface area contributed by atoms with Crippen LogP contribution in [0.5, 0.6) is 0 Å². The zero-order valence-corrected chi connectivity index (χ0v) is 12.2. The van der Waals surface area contributed by atoms with Gasteiger partial charge in [-0.05, 0) is 17.7 Å². The van der Waals surface area contributed by atoms with Crippen molar-refractivity contribution in [2.45, 2.75) is 6.54 Å². The first-order chi connectivity index (χ1) is 11.0. The van der Waals surface area contributed by atoms with Gasteiger partial charge >= 0.3 is 5.97 Å². The lowest BCUT2D eigenvalue weighted by Crippen LogP contribution is -2.35. The molecule has 0 bridgehead atoms. The Labute approximate surface area is 132 Å². The summed E-state index contributed by atoms with van der Waals surface area (Å²) in [4.78, 5) is 39.5. The maximum Gasteiger partial charge on any atom is 0.323 e. The summed E-state index contributed by atoms with van der Waals surface area (Å²) in [5.41, 5.74) is 6.14. The first-order valence-electron chi connectivity index (χ1n) is 6.78. The van der Waals surface area contributed by atoms with E-state index in [0.717, 1.165) is 5.56 Å². The molecule has 7 nitrogen and oxygen atoms in total. The largest absolute Gasteiger partial charge is 0.480 e. The monoisotopic (exact) mass is 313 g/mol. The Kier molecular flexibility index (Phi) is 5.03. The zero-order valence-electron chi connectivity index (χ0n) is 12.2. The number of carbonyl (C=O) groups is 3. The molecular weight excluding hydrogens is 298 g/mol. The first-order valence-corrected chi connectivity index (χ1v) is 6.78. The van der Waals surface area contributed by atoms with Crippen LogP contribution in [0.4, 0.5) is 0 Å². The summed E-state index contributed by atoms with van der Waals surface area (Å²) in [5.74, 6) is -2.31. The van der Waals surface area contributed by atoms with Gasteiger partial charge in [-0.3, -0.25) is 19.4 Å². The fourth-order valence-electron chi connectivity index (χ4n) is 1.99. The summed E-state index contributed by atoms with van der Waals surface area (Å²) >= 11 is 0. The van der Waals surface area contributed by atoms with Gasteiger partial charge in [0.25, 0.3) is 5.91 Å². The van der Waals surface area contributed by atoms with Gasteiger partial charge in [0.05, 0.1) is 5.56 Å². The van der Waals surface area contributed by atoms with Crippen LogP contribution in [0.3, 0.4) is 0 Å². The second-order valence-electron chi connectivity index (χ2n) is 4.84. The number of nitrogens with zero attached hydrogens (tertiary/aromatic N) is 2. The number of pyridine rings is 1. The molecular formula is C16H15N3O4. The van der Waals surface area contributed by atoms with Gasteiger partial charge in [0.15, 0.2) is 0 Å². The van der Waals surface area contributed by atoms with Gasteiger partial charge in [0.1, 0.15) is 12.2 Å². The van der Waals surface area contributed by atoms with Crippen molar-refractivity contribution in [3.63, 3.8) is 0 Å². The van der Waals surface area contributed by atoms with E-state index in [9.17, 15) is 14.4 Å². The van der Waals surface area contributed by atoms with E-state index in [2.05, 4.69) is 4.98 Å². The van der Waals surface area contributed by atoms with Crippen LogP contribution in [0.1, 0.15) is 26.4 Å². The molecule has 1 aromatic carbocycles. The van der Waals surface area contributed by atoms with Crippen molar-refractivity contribution in [2.24, 2.45) is 5.73 Å². The highest BCUT2D eigenvalue weighted by atomic mass is 16.4. The van der Waals surface area contributed by atoms with Crippen LogP contribution in [0.25, 0.3) is 0 Å². The molecule has 3 N–H and O–H groups in total. The van der Waals surface area contributed by atoms with Crippen molar-refractivity contribution < 1.29 is 19.5 Å². The fraction of sp³-hybridized carbons (Fsp3) is 0.125. The standard InChI is InChI=1S/C16H15N3O4/c17-15(22)12-6-7-13(18-8-12)16(23)19(10-14(20)21)9-11-4-2-1-3-5-11/h1-8H,9-10H2,(H2,17,22)(H,20,21). The minimum atomic E-state index is -1.12. The number of benzene rings is 1. The predicted octanol–water partition coefficient (Wildman–Crippen LogP) is 0.907. The molecule has 0 atom stereocenters. The quantitative estimate of drug-likeness (QED) is 0.822. The van der Waals surface area contributed by atoms with Crippen LogP contribution in [0, 0.1) is 0 Å². The Morgan fingerprint density at radius 2 is 1.78 bits per heavy atom. The minimum Gasteiger partial charge on any atom is -0.480 e. The molecule has 0 saturated heterocycles.